The number of aromatic hydroxyl groups is 4. The minimum Gasteiger partial charge on any atom is -0.504 e. The summed E-state index contributed by atoms with van der Waals surface area (Å²) in [5.74, 6) is -6.06. The predicted octanol–water partition coefficient (Wildman–Crippen LogP) is 1.75. The van der Waals surface area contributed by atoms with Gasteiger partial charge in [-0.15, -0.1) is 34.9 Å². The standard InChI is InChI=1S/C36H32N10O11S3/c1-36(2,34(56)43-42-29(51)16-4-6-21(48)23(50)10-16)57-44-26(19-14-60-35(37)40-19)30(52)41-27-31(53)45-28(33(54)55)17(13-59-32(27)45)12-58-25-11-18(39-24-7-8-38-46(24)25)15-3-5-20(47)22(49)9-15/h3-11,14,27,32,47-50H,12-13H2,1-2H3,(H2,37,40)(H,41,52)(H,42,51)(H,43,56)(H,54,55)/b44-26-/t27-,32-/m1/s1. The molecular weight excluding hydrogens is 845 g/mol. The van der Waals surface area contributed by atoms with Crippen molar-refractivity contribution in [2.45, 2.75) is 35.9 Å². The summed E-state index contributed by atoms with van der Waals surface area (Å²) in [5.41, 5.74) is 9.31. The number of fused-ring (bicyclic) bond motifs is 2. The highest BCUT2D eigenvalue weighted by molar-refractivity contribution is 8.01. The third-order valence-electron chi connectivity index (χ3n) is 8.95. The van der Waals surface area contributed by atoms with E-state index in [1.54, 1.807) is 28.9 Å². The van der Waals surface area contributed by atoms with Crippen LogP contribution < -0.4 is 21.9 Å². The van der Waals surface area contributed by atoms with Crippen LogP contribution in [-0.4, -0.2) is 114 Å². The Morgan fingerprint density at radius 2 is 1.73 bits per heavy atom. The highest BCUT2D eigenvalue weighted by Crippen LogP contribution is 2.42. The molecule has 1 saturated heterocycles. The minimum absolute atomic E-state index is 0.0511. The molecule has 3 aromatic heterocycles. The van der Waals surface area contributed by atoms with Crippen molar-refractivity contribution in [2.75, 3.05) is 17.2 Å². The van der Waals surface area contributed by atoms with Crippen LogP contribution in [0, 0.1) is 0 Å². The number of carbonyl (C=O) groups excluding carboxylic acids is 4. The van der Waals surface area contributed by atoms with Crippen molar-refractivity contribution >= 4 is 80.9 Å². The number of phenolic OH excluding ortho intramolecular Hbond substituents is 4. The molecule has 0 bridgehead atoms. The number of hydrogen-bond acceptors (Lipinski definition) is 18. The number of oxime groups is 1. The Hall–Kier alpha value is -7.05. The topological polar surface area (TPSA) is 317 Å². The third-order valence-corrected chi connectivity index (χ3v) is 12.0. The van der Waals surface area contributed by atoms with Crippen LogP contribution in [0.25, 0.3) is 16.9 Å². The Balaban J connectivity index is 1.04. The van der Waals surface area contributed by atoms with Gasteiger partial charge >= 0.3 is 5.97 Å². The number of amides is 4. The summed E-state index contributed by atoms with van der Waals surface area (Å²) >= 11 is 3.46. The van der Waals surface area contributed by atoms with Crippen LogP contribution in [0.1, 0.15) is 29.9 Å². The number of thiazole rings is 1. The summed E-state index contributed by atoms with van der Waals surface area (Å²) in [6.45, 7) is 2.56. The maximum absolute atomic E-state index is 13.7. The van der Waals surface area contributed by atoms with Crippen LogP contribution in [0.15, 0.2) is 81.6 Å². The van der Waals surface area contributed by atoms with E-state index in [1.165, 1.54) is 61.0 Å². The first kappa shape index (κ1) is 41.1. The number of nitrogens with zero attached hydrogens (tertiary/aromatic N) is 6. The Labute approximate surface area is 349 Å². The lowest BCUT2D eigenvalue weighted by molar-refractivity contribution is -0.150. The first-order valence-corrected chi connectivity index (χ1v) is 20.2. The zero-order valence-electron chi connectivity index (χ0n) is 31.0. The maximum atomic E-state index is 13.7. The molecule has 10 N–H and O–H groups in total. The molecule has 2 aliphatic heterocycles. The lowest BCUT2D eigenvalue weighted by Gasteiger charge is -2.49. The average Bonchev–Trinajstić information content (AvgIpc) is 3.88. The van der Waals surface area contributed by atoms with Crippen LogP contribution >= 0.6 is 34.9 Å². The van der Waals surface area contributed by atoms with Crippen LogP contribution in [0.5, 0.6) is 23.0 Å². The van der Waals surface area contributed by atoms with Gasteiger partial charge < -0.3 is 41.4 Å². The molecule has 0 unspecified atom stereocenters. The molecule has 21 nitrogen and oxygen atoms in total. The predicted molar refractivity (Wildman–Crippen MR) is 216 cm³/mol. The van der Waals surface area contributed by atoms with Crippen LogP contribution in [0.2, 0.25) is 0 Å². The second kappa shape index (κ2) is 16.3. The van der Waals surface area contributed by atoms with E-state index in [4.69, 9.17) is 10.6 Å². The molecule has 60 heavy (non-hydrogen) atoms. The van der Waals surface area contributed by atoms with Gasteiger partial charge in [-0.2, -0.15) is 5.10 Å². The van der Waals surface area contributed by atoms with Crippen molar-refractivity contribution in [1.29, 1.82) is 0 Å². The average molecular weight is 877 g/mol. The lowest BCUT2D eigenvalue weighted by atomic mass is 10.0. The van der Waals surface area contributed by atoms with Gasteiger partial charge in [-0.25, -0.2) is 19.3 Å². The van der Waals surface area contributed by atoms with Crippen molar-refractivity contribution in [3.05, 3.63) is 82.6 Å². The van der Waals surface area contributed by atoms with Gasteiger partial charge in [0.1, 0.15) is 27.8 Å². The molecule has 5 heterocycles. The first-order valence-electron chi connectivity index (χ1n) is 17.3. The SMILES string of the molecule is CC(C)(O/N=C(\C(=O)N[C@@H]1C(=O)N2C(C(=O)O)=C(CSc3cc(-c4ccc(O)c(O)c4)nc4ccnn34)CS[C@H]12)c1csc(N)n1)C(=O)NNC(=O)c1ccc(O)c(O)c1. The summed E-state index contributed by atoms with van der Waals surface area (Å²) < 4.78 is 1.56. The number of aliphatic carboxylic acids is 1. The van der Waals surface area contributed by atoms with Gasteiger partial charge in [-0.1, -0.05) is 5.16 Å². The highest BCUT2D eigenvalue weighted by atomic mass is 32.2. The Morgan fingerprint density at radius 1 is 1.00 bits per heavy atom. The molecule has 24 heteroatoms. The smallest absolute Gasteiger partial charge is 0.352 e. The number of nitrogen functional groups attached to an aromatic ring is 1. The van der Waals surface area contributed by atoms with Crippen molar-refractivity contribution in [3.63, 3.8) is 0 Å². The number of carbonyl (C=O) groups is 5. The number of carboxylic acids is 1. The van der Waals surface area contributed by atoms with E-state index in [2.05, 4.69) is 36.4 Å². The Kier molecular flexibility index (Phi) is 11.2. The second-order valence-electron chi connectivity index (χ2n) is 13.4. The molecule has 2 atom stereocenters. The Morgan fingerprint density at radius 3 is 2.42 bits per heavy atom. The number of anilines is 1. The fraction of sp³-hybridized carbons (Fsp3) is 0.194. The number of β-lactam (4-membered cyclic amide) rings is 1. The first-order chi connectivity index (χ1) is 28.5. The van der Waals surface area contributed by atoms with Gasteiger partial charge in [0.05, 0.1) is 11.9 Å². The number of rotatable bonds is 12. The van der Waals surface area contributed by atoms with Gasteiger partial charge in [0.15, 0.2) is 39.5 Å². The van der Waals surface area contributed by atoms with E-state index in [0.717, 1.165) is 28.4 Å². The van der Waals surface area contributed by atoms with E-state index in [1.807, 2.05) is 0 Å². The normalized spacial score (nSPS) is 16.5. The molecule has 310 valence electrons. The molecule has 4 amide bonds. The molecule has 0 radical (unpaired) electrons. The molecule has 2 aliphatic rings. The second-order valence-corrected chi connectivity index (χ2v) is 16.4. The van der Waals surface area contributed by atoms with E-state index in [9.17, 15) is 49.5 Å². The largest absolute Gasteiger partial charge is 0.504 e. The summed E-state index contributed by atoms with van der Waals surface area (Å²) in [6, 6.07) is 9.73. The number of aromatic nitrogens is 4. The van der Waals surface area contributed by atoms with Gasteiger partial charge in [0.25, 0.3) is 23.6 Å². The molecule has 2 aromatic carbocycles. The maximum Gasteiger partial charge on any atom is 0.352 e. The van der Waals surface area contributed by atoms with Crippen molar-refractivity contribution in [3.8, 4) is 34.3 Å². The monoisotopic (exact) mass is 876 g/mol. The van der Waals surface area contributed by atoms with E-state index < -0.39 is 63.8 Å². The van der Waals surface area contributed by atoms with E-state index >= 15 is 0 Å². The fourth-order valence-electron chi connectivity index (χ4n) is 5.79. The van der Waals surface area contributed by atoms with Gasteiger partial charge in [-0.05, 0) is 61.9 Å². The van der Waals surface area contributed by atoms with E-state index in [-0.39, 0.29) is 45.1 Å². The van der Waals surface area contributed by atoms with Crippen molar-refractivity contribution < 1.29 is 54.3 Å². The van der Waals surface area contributed by atoms with Gasteiger partial charge in [0, 0.05) is 34.1 Å². The van der Waals surface area contributed by atoms with Gasteiger partial charge in [0.2, 0.25) is 5.60 Å². The van der Waals surface area contributed by atoms with Gasteiger partial charge in [-0.3, -0.25) is 34.9 Å². The molecule has 5 aromatic rings. The lowest BCUT2D eigenvalue weighted by Crippen LogP contribution is -2.71. The number of carboxylic acid groups (broad SMARTS) is 1. The molecule has 1 fully saturated rings. The van der Waals surface area contributed by atoms with Crippen molar-refractivity contribution in [1.82, 2.24) is 40.7 Å². The summed E-state index contributed by atoms with van der Waals surface area (Å²) in [6.07, 6.45) is 1.54. The number of nitrogens with two attached hydrogens (primary N) is 1. The third kappa shape index (κ3) is 8.14. The highest BCUT2D eigenvalue weighted by Gasteiger charge is 2.54. The molecule has 7 rings (SSSR count). The quantitative estimate of drug-likeness (QED) is 0.0215. The summed E-state index contributed by atoms with van der Waals surface area (Å²) in [4.78, 5) is 80.7. The fourth-order valence-corrected chi connectivity index (χ4v) is 8.83. The number of thioether (sulfide) groups is 2. The zero-order valence-corrected chi connectivity index (χ0v) is 33.5. The number of nitrogens with one attached hydrogen (secondary N) is 3. The van der Waals surface area contributed by atoms with Crippen molar-refractivity contribution in [2.24, 2.45) is 5.16 Å². The Bertz CT molecular complexity index is 2660. The minimum atomic E-state index is -1.83. The van der Waals surface area contributed by atoms with Crippen LogP contribution in [0.3, 0.4) is 0 Å². The van der Waals surface area contributed by atoms with Crippen LogP contribution in [-0.2, 0) is 24.0 Å². The van der Waals surface area contributed by atoms with E-state index in [0.29, 0.717) is 27.5 Å². The number of hydrogen-bond donors (Lipinski definition) is 9. The summed E-state index contributed by atoms with van der Waals surface area (Å²) in [5, 5.41) is 61.3. The van der Waals surface area contributed by atoms with Crippen LogP contribution in [0.4, 0.5) is 5.13 Å². The summed E-state index contributed by atoms with van der Waals surface area (Å²) in [7, 11) is 0. The molecule has 0 spiro atoms. The number of benzene rings is 2. The zero-order chi connectivity index (χ0) is 43.0. The number of phenols is 4. The molecule has 0 aliphatic carbocycles. The number of hydrazine groups is 1. The molecular formula is C36H32N10O11S3. The molecule has 0 saturated carbocycles.